The first-order valence-corrected chi connectivity index (χ1v) is 7.79. The maximum absolute atomic E-state index is 12.0. The monoisotopic (exact) mass is 304 g/mol. The zero-order valence-corrected chi connectivity index (χ0v) is 13.5. The average molecular weight is 304 g/mol. The number of hydrogen-bond acceptors (Lipinski definition) is 4. The number of para-hydroxylation sites is 1. The molecule has 0 aliphatic carbocycles. The summed E-state index contributed by atoms with van der Waals surface area (Å²) in [6, 6.07) is 10.4. The molecule has 0 aromatic heterocycles. The Kier molecular flexibility index (Phi) is 3.77. The molecule has 2 fully saturated rings. The lowest BCUT2D eigenvalue weighted by Crippen LogP contribution is -2.64. The van der Waals surface area contributed by atoms with E-state index in [1.54, 1.807) is 4.90 Å². The molecule has 1 spiro atoms. The van der Waals surface area contributed by atoms with Crippen LogP contribution in [-0.4, -0.2) is 47.9 Å². The molecule has 1 aromatic rings. The highest BCUT2D eigenvalue weighted by Crippen LogP contribution is 2.36. The summed E-state index contributed by atoms with van der Waals surface area (Å²) in [5.74, 6) is 0. The van der Waals surface area contributed by atoms with E-state index in [2.05, 4.69) is 17.4 Å². The molecule has 22 heavy (non-hydrogen) atoms. The third-order valence-electron chi connectivity index (χ3n) is 3.96. The molecule has 120 valence electrons. The Morgan fingerprint density at radius 2 is 2.00 bits per heavy atom. The van der Waals surface area contributed by atoms with E-state index >= 15 is 0 Å². The topological polar surface area (TPSA) is 50.8 Å². The SMILES string of the molecule is CC(C)(C)OC(=O)N1CC2(CC(Nc3ccccc3)CO2)C1. The number of rotatable bonds is 2. The molecule has 1 aromatic carbocycles. The van der Waals surface area contributed by atoms with Crippen LogP contribution in [0.5, 0.6) is 0 Å². The second kappa shape index (κ2) is 5.47. The molecule has 5 heteroatoms. The van der Waals surface area contributed by atoms with Crippen molar-refractivity contribution in [2.24, 2.45) is 0 Å². The molecule has 1 atom stereocenters. The van der Waals surface area contributed by atoms with E-state index in [4.69, 9.17) is 9.47 Å². The molecule has 3 rings (SSSR count). The van der Waals surface area contributed by atoms with Crippen LogP contribution in [0.3, 0.4) is 0 Å². The second-order valence-corrected chi connectivity index (χ2v) is 7.24. The van der Waals surface area contributed by atoms with E-state index in [1.165, 1.54) is 0 Å². The molecule has 0 saturated carbocycles. The number of carbonyl (C=O) groups is 1. The van der Waals surface area contributed by atoms with E-state index in [0.717, 1.165) is 12.1 Å². The smallest absolute Gasteiger partial charge is 0.410 e. The number of ether oxygens (including phenoxy) is 2. The minimum Gasteiger partial charge on any atom is -0.444 e. The maximum atomic E-state index is 12.0. The molecule has 2 saturated heterocycles. The van der Waals surface area contributed by atoms with Gasteiger partial charge in [-0.3, -0.25) is 0 Å². The largest absolute Gasteiger partial charge is 0.444 e. The van der Waals surface area contributed by atoms with Crippen molar-refractivity contribution in [2.45, 2.75) is 44.4 Å². The summed E-state index contributed by atoms with van der Waals surface area (Å²) in [6.07, 6.45) is 0.669. The van der Waals surface area contributed by atoms with Crippen LogP contribution in [0.2, 0.25) is 0 Å². The summed E-state index contributed by atoms with van der Waals surface area (Å²) >= 11 is 0. The molecule has 1 N–H and O–H groups in total. The first-order valence-electron chi connectivity index (χ1n) is 7.79. The van der Waals surface area contributed by atoms with Gasteiger partial charge in [0.05, 0.1) is 25.7 Å². The normalized spacial score (nSPS) is 23.2. The minimum atomic E-state index is -0.451. The van der Waals surface area contributed by atoms with Crippen molar-refractivity contribution in [3.63, 3.8) is 0 Å². The van der Waals surface area contributed by atoms with Crippen molar-refractivity contribution in [3.05, 3.63) is 30.3 Å². The molecule has 2 aliphatic rings. The third-order valence-corrected chi connectivity index (χ3v) is 3.96. The van der Waals surface area contributed by atoms with Crippen LogP contribution in [0.4, 0.5) is 10.5 Å². The standard InChI is InChI=1S/C17H24N2O3/c1-16(2,3)22-15(20)19-11-17(12-19)9-14(10-21-17)18-13-7-5-4-6-8-13/h4-8,14,18H,9-12H2,1-3H3. The van der Waals surface area contributed by atoms with Gasteiger partial charge >= 0.3 is 6.09 Å². The van der Waals surface area contributed by atoms with Gasteiger partial charge in [0.2, 0.25) is 0 Å². The first-order chi connectivity index (χ1) is 10.4. The fourth-order valence-electron chi connectivity index (χ4n) is 3.03. The molecule has 2 heterocycles. The molecule has 1 amide bonds. The highest BCUT2D eigenvalue weighted by molar-refractivity contribution is 5.69. The van der Waals surface area contributed by atoms with Gasteiger partial charge in [0, 0.05) is 12.1 Å². The number of anilines is 1. The Morgan fingerprint density at radius 1 is 1.32 bits per heavy atom. The Morgan fingerprint density at radius 3 is 2.64 bits per heavy atom. The van der Waals surface area contributed by atoms with Crippen molar-refractivity contribution >= 4 is 11.8 Å². The van der Waals surface area contributed by atoms with E-state index in [1.807, 2.05) is 39.0 Å². The van der Waals surface area contributed by atoms with Crippen molar-refractivity contribution in [2.75, 3.05) is 25.0 Å². The molecule has 5 nitrogen and oxygen atoms in total. The van der Waals surface area contributed by atoms with Gasteiger partial charge in [-0.25, -0.2) is 4.79 Å². The first kappa shape index (κ1) is 15.2. The van der Waals surface area contributed by atoms with Gasteiger partial charge in [-0.05, 0) is 32.9 Å². The number of carbonyl (C=O) groups excluding carboxylic acids is 1. The minimum absolute atomic E-state index is 0.191. The van der Waals surface area contributed by atoms with Crippen molar-refractivity contribution in [3.8, 4) is 0 Å². The molecule has 0 radical (unpaired) electrons. The highest BCUT2D eigenvalue weighted by Gasteiger charge is 2.52. The van der Waals surface area contributed by atoms with Gasteiger partial charge in [-0.15, -0.1) is 0 Å². The van der Waals surface area contributed by atoms with E-state index in [0.29, 0.717) is 25.7 Å². The summed E-state index contributed by atoms with van der Waals surface area (Å²) in [6.45, 7) is 7.56. The molecule has 2 aliphatic heterocycles. The number of amides is 1. The van der Waals surface area contributed by atoms with Crippen LogP contribution in [0.1, 0.15) is 27.2 Å². The van der Waals surface area contributed by atoms with Crippen LogP contribution in [0.15, 0.2) is 30.3 Å². The highest BCUT2D eigenvalue weighted by atomic mass is 16.6. The predicted molar refractivity (Wildman–Crippen MR) is 85.0 cm³/mol. The fourth-order valence-corrected chi connectivity index (χ4v) is 3.03. The zero-order chi connectivity index (χ0) is 15.8. The van der Waals surface area contributed by atoms with Gasteiger partial charge in [0.15, 0.2) is 0 Å². The van der Waals surface area contributed by atoms with Crippen LogP contribution < -0.4 is 5.32 Å². The zero-order valence-electron chi connectivity index (χ0n) is 13.5. The lowest BCUT2D eigenvalue weighted by atomic mass is 9.90. The average Bonchev–Trinajstić information content (AvgIpc) is 2.80. The van der Waals surface area contributed by atoms with Crippen molar-refractivity contribution in [1.29, 1.82) is 0 Å². The van der Waals surface area contributed by atoms with Crippen molar-refractivity contribution < 1.29 is 14.3 Å². The van der Waals surface area contributed by atoms with E-state index in [-0.39, 0.29) is 11.7 Å². The second-order valence-electron chi connectivity index (χ2n) is 7.24. The predicted octanol–water partition coefficient (Wildman–Crippen LogP) is 2.88. The van der Waals surface area contributed by atoms with Gasteiger partial charge in [-0.2, -0.15) is 0 Å². The van der Waals surface area contributed by atoms with Crippen LogP contribution >= 0.6 is 0 Å². The Balaban J connectivity index is 1.49. The summed E-state index contributed by atoms with van der Waals surface area (Å²) < 4.78 is 11.3. The maximum Gasteiger partial charge on any atom is 0.410 e. The van der Waals surface area contributed by atoms with Gasteiger partial charge in [0.1, 0.15) is 11.2 Å². The number of hydrogen-bond donors (Lipinski definition) is 1. The van der Waals surface area contributed by atoms with Crippen LogP contribution in [0, 0.1) is 0 Å². The quantitative estimate of drug-likeness (QED) is 0.913. The molecular weight excluding hydrogens is 280 g/mol. The Bertz CT molecular complexity index is 533. The Labute approximate surface area is 131 Å². The van der Waals surface area contributed by atoms with Crippen LogP contribution in [0.25, 0.3) is 0 Å². The summed E-state index contributed by atoms with van der Waals surface area (Å²) in [7, 11) is 0. The third kappa shape index (κ3) is 3.35. The number of nitrogens with one attached hydrogen (secondary N) is 1. The fraction of sp³-hybridized carbons (Fsp3) is 0.588. The lowest BCUT2D eigenvalue weighted by molar-refractivity contribution is -0.109. The summed E-state index contributed by atoms with van der Waals surface area (Å²) in [5, 5.41) is 3.49. The summed E-state index contributed by atoms with van der Waals surface area (Å²) in [4.78, 5) is 13.7. The van der Waals surface area contributed by atoms with Crippen molar-refractivity contribution in [1.82, 2.24) is 4.90 Å². The molecular formula is C17H24N2O3. The molecule has 0 bridgehead atoms. The number of benzene rings is 1. The summed E-state index contributed by atoms with van der Waals surface area (Å²) in [5.41, 5.74) is 0.466. The number of nitrogens with zero attached hydrogens (tertiary/aromatic N) is 1. The van der Waals surface area contributed by atoms with Gasteiger partial charge < -0.3 is 19.7 Å². The van der Waals surface area contributed by atoms with E-state index < -0.39 is 5.60 Å². The number of likely N-dealkylation sites (tertiary alicyclic amines) is 1. The van der Waals surface area contributed by atoms with Crippen LogP contribution in [-0.2, 0) is 9.47 Å². The Hall–Kier alpha value is -1.75. The van der Waals surface area contributed by atoms with Gasteiger partial charge in [-0.1, -0.05) is 18.2 Å². The van der Waals surface area contributed by atoms with Gasteiger partial charge in [0.25, 0.3) is 0 Å². The lowest BCUT2D eigenvalue weighted by Gasteiger charge is -2.46. The molecule has 1 unspecified atom stereocenters. The van der Waals surface area contributed by atoms with E-state index in [9.17, 15) is 4.79 Å².